The number of benzene rings is 2. The van der Waals surface area contributed by atoms with Gasteiger partial charge in [0.05, 0.1) is 28.4 Å². The van der Waals surface area contributed by atoms with E-state index in [9.17, 15) is 9.90 Å². The van der Waals surface area contributed by atoms with Crippen LogP contribution < -0.4 is 0 Å². The van der Waals surface area contributed by atoms with Crippen molar-refractivity contribution in [1.29, 1.82) is 0 Å². The van der Waals surface area contributed by atoms with Crippen LogP contribution in [0.2, 0.25) is 0 Å². The van der Waals surface area contributed by atoms with Crippen molar-refractivity contribution < 1.29 is 14.3 Å². The Balaban J connectivity index is 1.68. The lowest BCUT2D eigenvalue weighted by Gasteiger charge is -2.12. The monoisotopic (exact) mass is 573 g/mol. The van der Waals surface area contributed by atoms with Gasteiger partial charge in [-0.2, -0.15) is 5.10 Å². The number of phenols is 1. The molecule has 162 valence electrons. The van der Waals surface area contributed by atoms with Crippen LogP contribution in [0.1, 0.15) is 22.5 Å². The minimum absolute atomic E-state index is 0.0506. The molecule has 1 amide bonds. The second kappa shape index (κ2) is 9.89. The minimum atomic E-state index is -0.244. The number of carbonyl (C=O) groups is 1. The molecule has 0 spiro atoms. The van der Waals surface area contributed by atoms with Gasteiger partial charge in [-0.25, -0.2) is 0 Å². The quantitative estimate of drug-likeness (QED) is 0.219. The summed E-state index contributed by atoms with van der Waals surface area (Å²) < 4.78 is 6.72. The van der Waals surface area contributed by atoms with Crippen molar-refractivity contribution in [3.05, 3.63) is 91.1 Å². The molecule has 1 aliphatic heterocycles. The highest BCUT2D eigenvalue weighted by atomic mass is 79.9. The molecule has 0 aliphatic carbocycles. The fourth-order valence-electron chi connectivity index (χ4n) is 2.99. The maximum Gasteiger partial charge on any atom is 0.267 e. The lowest BCUT2D eigenvalue weighted by Crippen LogP contribution is -2.28. The zero-order chi connectivity index (χ0) is 22.7. The van der Waals surface area contributed by atoms with E-state index in [2.05, 4.69) is 42.1 Å². The lowest BCUT2D eigenvalue weighted by atomic mass is 10.1. The maximum atomic E-state index is 13.2. The van der Waals surface area contributed by atoms with Gasteiger partial charge in [0.25, 0.3) is 5.91 Å². The molecule has 1 aromatic heterocycles. The van der Waals surface area contributed by atoms with Gasteiger partial charge in [-0.05, 0) is 76.1 Å². The third-order valence-corrected chi connectivity index (χ3v) is 6.71. The number of hydrogen-bond acceptors (Lipinski definition) is 6. The van der Waals surface area contributed by atoms with Crippen LogP contribution in [0.25, 0.3) is 6.08 Å². The van der Waals surface area contributed by atoms with E-state index in [4.69, 9.17) is 4.42 Å². The molecule has 0 bridgehead atoms. The zero-order valence-corrected chi connectivity index (χ0v) is 20.8. The van der Waals surface area contributed by atoms with Gasteiger partial charge in [-0.3, -0.25) is 9.69 Å². The fraction of sp³-hybridized carbons (Fsp3) is 0.0870. The smallest absolute Gasteiger partial charge is 0.267 e. The van der Waals surface area contributed by atoms with Crippen molar-refractivity contribution in [2.24, 2.45) is 10.2 Å². The van der Waals surface area contributed by atoms with Crippen molar-refractivity contribution >= 4 is 67.0 Å². The number of rotatable bonds is 5. The Bertz CT molecular complexity index is 1250. The SMILES string of the molecule is Cc1ccccc1/C=N\N=C1\S/C(=C\c2cc(Br)cc(Br)c2O)C(=O)N1Cc1ccco1. The molecule has 1 saturated heterocycles. The van der Waals surface area contributed by atoms with E-state index in [1.807, 2.05) is 31.2 Å². The number of thioether (sulfide) groups is 1. The Morgan fingerprint density at radius 1 is 1.16 bits per heavy atom. The molecule has 9 heteroatoms. The highest BCUT2D eigenvalue weighted by Crippen LogP contribution is 2.38. The van der Waals surface area contributed by atoms with Crippen molar-refractivity contribution in [2.45, 2.75) is 13.5 Å². The molecule has 2 aromatic carbocycles. The number of aryl methyl sites for hydroxylation is 1. The number of halogens is 2. The van der Waals surface area contributed by atoms with E-state index in [-0.39, 0.29) is 18.2 Å². The summed E-state index contributed by atoms with van der Waals surface area (Å²) in [5, 5.41) is 19.3. The van der Waals surface area contributed by atoms with Crippen LogP contribution in [0.5, 0.6) is 5.75 Å². The Hall–Kier alpha value is -2.62. The van der Waals surface area contributed by atoms with Crippen molar-refractivity contribution in [3.63, 3.8) is 0 Å². The summed E-state index contributed by atoms with van der Waals surface area (Å²) in [5.41, 5.74) is 2.53. The summed E-state index contributed by atoms with van der Waals surface area (Å²) in [6.07, 6.45) is 4.86. The zero-order valence-electron chi connectivity index (χ0n) is 16.8. The van der Waals surface area contributed by atoms with E-state index in [0.717, 1.165) is 15.6 Å². The number of phenolic OH excluding ortho intramolecular Hbond substituents is 1. The summed E-state index contributed by atoms with van der Waals surface area (Å²) >= 11 is 7.92. The first kappa shape index (κ1) is 22.6. The predicted molar refractivity (Wildman–Crippen MR) is 135 cm³/mol. The maximum absolute atomic E-state index is 13.2. The molecule has 0 radical (unpaired) electrons. The van der Waals surface area contributed by atoms with Crippen molar-refractivity contribution in [3.8, 4) is 5.75 Å². The highest BCUT2D eigenvalue weighted by molar-refractivity contribution is 9.11. The highest BCUT2D eigenvalue weighted by Gasteiger charge is 2.34. The average molecular weight is 575 g/mol. The average Bonchev–Trinajstić information content (AvgIpc) is 3.37. The molecule has 3 aromatic rings. The first-order valence-corrected chi connectivity index (χ1v) is 11.9. The molecule has 1 fully saturated rings. The normalized spacial score (nSPS) is 16.7. The van der Waals surface area contributed by atoms with Gasteiger partial charge in [0.2, 0.25) is 0 Å². The number of nitrogens with zero attached hydrogens (tertiary/aromatic N) is 3. The molecule has 0 saturated carbocycles. The van der Waals surface area contributed by atoms with Crippen LogP contribution in [-0.4, -0.2) is 27.3 Å². The third kappa shape index (κ3) is 5.06. The molecule has 0 unspecified atom stereocenters. The van der Waals surface area contributed by atoms with Crippen molar-refractivity contribution in [2.75, 3.05) is 0 Å². The fourth-order valence-corrected chi connectivity index (χ4v) is 5.17. The number of amides is 1. The molecule has 1 aliphatic rings. The number of carbonyl (C=O) groups excluding carboxylic acids is 1. The van der Waals surface area contributed by atoms with Gasteiger partial charge in [0.15, 0.2) is 5.17 Å². The first-order chi connectivity index (χ1) is 15.4. The van der Waals surface area contributed by atoms with Gasteiger partial charge in [-0.1, -0.05) is 40.2 Å². The number of amidine groups is 1. The van der Waals surface area contributed by atoms with E-state index >= 15 is 0 Å². The van der Waals surface area contributed by atoms with Crippen LogP contribution in [0.3, 0.4) is 0 Å². The molecule has 0 atom stereocenters. The van der Waals surface area contributed by atoms with Gasteiger partial charge in [-0.15, -0.1) is 5.10 Å². The molecule has 4 rings (SSSR count). The number of aromatic hydroxyl groups is 1. The second-order valence-electron chi connectivity index (χ2n) is 6.89. The third-order valence-electron chi connectivity index (χ3n) is 4.65. The summed E-state index contributed by atoms with van der Waals surface area (Å²) in [4.78, 5) is 15.1. The Morgan fingerprint density at radius 3 is 2.72 bits per heavy atom. The first-order valence-electron chi connectivity index (χ1n) is 9.51. The Morgan fingerprint density at radius 2 is 1.97 bits per heavy atom. The second-order valence-corrected chi connectivity index (χ2v) is 9.67. The van der Waals surface area contributed by atoms with Gasteiger partial charge in [0.1, 0.15) is 11.5 Å². The van der Waals surface area contributed by atoms with Crippen LogP contribution >= 0.6 is 43.6 Å². The molecule has 2 heterocycles. The van der Waals surface area contributed by atoms with Gasteiger partial charge < -0.3 is 9.52 Å². The van der Waals surface area contributed by atoms with Gasteiger partial charge >= 0.3 is 0 Å². The van der Waals surface area contributed by atoms with Crippen LogP contribution in [-0.2, 0) is 11.3 Å². The van der Waals surface area contributed by atoms with Crippen LogP contribution in [0.4, 0.5) is 0 Å². The van der Waals surface area contributed by atoms with Crippen LogP contribution in [0.15, 0.2) is 83.3 Å². The minimum Gasteiger partial charge on any atom is -0.506 e. The number of hydrogen-bond donors (Lipinski definition) is 1. The van der Waals surface area contributed by atoms with E-state index in [0.29, 0.717) is 25.9 Å². The lowest BCUT2D eigenvalue weighted by molar-refractivity contribution is -0.122. The van der Waals surface area contributed by atoms with Crippen molar-refractivity contribution in [1.82, 2.24) is 4.90 Å². The molecule has 1 N–H and O–H groups in total. The summed E-state index contributed by atoms with van der Waals surface area (Å²) in [7, 11) is 0. The standard InChI is InChI=1S/C23H17Br2N3O3S/c1-14-5-2-3-6-15(14)12-26-27-23-28(13-18-7-4-8-31-18)22(30)20(32-23)10-16-9-17(24)11-19(25)21(16)29/h2-12,29H,13H2,1H3/b20-10-,26-12-,27-23+. The predicted octanol–water partition coefficient (Wildman–Crippen LogP) is 6.33. The summed E-state index contributed by atoms with van der Waals surface area (Å²) in [6, 6.07) is 14.9. The largest absolute Gasteiger partial charge is 0.506 e. The van der Waals surface area contributed by atoms with Gasteiger partial charge in [0, 0.05) is 10.0 Å². The Kier molecular flexibility index (Phi) is 6.98. The molecule has 32 heavy (non-hydrogen) atoms. The summed E-state index contributed by atoms with van der Waals surface area (Å²) in [5.74, 6) is 0.435. The Labute approximate surface area is 206 Å². The number of furan rings is 1. The summed E-state index contributed by atoms with van der Waals surface area (Å²) in [6.45, 7) is 2.22. The van der Waals surface area contributed by atoms with Crippen LogP contribution in [0, 0.1) is 6.92 Å². The van der Waals surface area contributed by atoms with E-state index in [1.54, 1.807) is 42.8 Å². The topological polar surface area (TPSA) is 78.4 Å². The van der Waals surface area contributed by atoms with E-state index in [1.165, 1.54) is 16.7 Å². The van der Waals surface area contributed by atoms with E-state index < -0.39 is 0 Å². The molecule has 6 nitrogen and oxygen atoms in total. The molecular weight excluding hydrogens is 558 g/mol. The molecular formula is C23H17Br2N3O3S.